The van der Waals surface area contributed by atoms with Gasteiger partial charge < -0.3 is 10.2 Å². The summed E-state index contributed by atoms with van der Waals surface area (Å²) in [7, 11) is 0. The molecular formula is C21H24N2O2. The van der Waals surface area contributed by atoms with Gasteiger partial charge in [0.25, 0.3) is 0 Å². The summed E-state index contributed by atoms with van der Waals surface area (Å²) >= 11 is 0. The molecule has 0 aliphatic carbocycles. The van der Waals surface area contributed by atoms with Crippen LogP contribution in [0.25, 0.3) is 0 Å². The standard InChI is InChI=1S/C21H24N2O2/c1-14-9-10-19(15(2)11-14)23-13-18(12-20(23)24)21(25)22-16(3)17-7-5-4-6-8-17/h4-11,16,18H,12-13H2,1-3H3,(H,22,25). The first-order chi connectivity index (χ1) is 12.0. The Morgan fingerprint density at radius 2 is 1.88 bits per heavy atom. The molecule has 4 nitrogen and oxygen atoms in total. The third-order valence-corrected chi connectivity index (χ3v) is 4.80. The molecule has 130 valence electrons. The van der Waals surface area contributed by atoms with Gasteiger partial charge in [-0.3, -0.25) is 9.59 Å². The SMILES string of the molecule is Cc1ccc(N2CC(C(=O)NC(C)c3ccccc3)CC2=O)c(C)c1. The van der Waals surface area contributed by atoms with Crippen molar-refractivity contribution in [3.05, 3.63) is 65.2 Å². The summed E-state index contributed by atoms with van der Waals surface area (Å²) in [5.74, 6) is -0.351. The topological polar surface area (TPSA) is 49.4 Å². The Hall–Kier alpha value is -2.62. The van der Waals surface area contributed by atoms with Crippen LogP contribution >= 0.6 is 0 Å². The van der Waals surface area contributed by atoms with Gasteiger partial charge in [0.05, 0.1) is 12.0 Å². The van der Waals surface area contributed by atoms with Crippen molar-refractivity contribution in [3.8, 4) is 0 Å². The van der Waals surface area contributed by atoms with Crippen molar-refractivity contribution in [2.24, 2.45) is 5.92 Å². The van der Waals surface area contributed by atoms with Crippen molar-refractivity contribution in [1.29, 1.82) is 0 Å². The van der Waals surface area contributed by atoms with Crippen LogP contribution in [0.4, 0.5) is 5.69 Å². The minimum absolute atomic E-state index is 0.0134. The number of amides is 2. The first-order valence-electron chi connectivity index (χ1n) is 8.68. The highest BCUT2D eigenvalue weighted by atomic mass is 16.2. The summed E-state index contributed by atoms with van der Waals surface area (Å²) in [6, 6.07) is 15.8. The molecule has 1 N–H and O–H groups in total. The maximum Gasteiger partial charge on any atom is 0.227 e. The second kappa shape index (κ2) is 7.09. The van der Waals surface area contributed by atoms with E-state index in [1.807, 2.05) is 63.2 Å². The van der Waals surface area contributed by atoms with Crippen LogP contribution < -0.4 is 10.2 Å². The second-order valence-electron chi connectivity index (χ2n) is 6.84. The maximum atomic E-state index is 12.6. The lowest BCUT2D eigenvalue weighted by molar-refractivity contribution is -0.126. The molecule has 1 heterocycles. The van der Waals surface area contributed by atoms with E-state index in [0.717, 1.165) is 16.8 Å². The van der Waals surface area contributed by atoms with E-state index in [1.54, 1.807) is 4.90 Å². The number of aryl methyl sites for hydroxylation is 2. The summed E-state index contributed by atoms with van der Waals surface area (Å²) in [5, 5.41) is 3.04. The normalized spacial score (nSPS) is 18.3. The van der Waals surface area contributed by atoms with E-state index in [2.05, 4.69) is 11.4 Å². The van der Waals surface area contributed by atoms with Crippen LogP contribution in [-0.4, -0.2) is 18.4 Å². The fraction of sp³-hybridized carbons (Fsp3) is 0.333. The smallest absolute Gasteiger partial charge is 0.227 e. The Balaban J connectivity index is 1.68. The Kier molecular flexibility index (Phi) is 4.88. The third kappa shape index (κ3) is 3.73. The van der Waals surface area contributed by atoms with Gasteiger partial charge in [-0.1, -0.05) is 48.0 Å². The van der Waals surface area contributed by atoms with E-state index >= 15 is 0 Å². The Morgan fingerprint density at radius 3 is 2.56 bits per heavy atom. The third-order valence-electron chi connectivity index (χ3n) is 4.80. The zero-order valence-corrected chi connectivity index (χ0v) is 15.0. The molecule has 1 aliphatic rings. The molecule has 0 bridgehead atoms. The highest BCUT2D eigenvalue weighted by molar-refractivity contribution is 6.00. The van der Waals surface area contributed by atoms with Crippen LogP contribution in [0.2, 0.25) is 0 Å². The molecule has 0 spiro atoms. The molecule has 1 saturated heterocycles. The number of anilines is 1. The Bertz CT molecular complexity index is 786. The first kappa shape index (κ1) is 17.2. The number of benzene rings is 2. The lowest BCUT2D eigenvalue weighted by Crippen LogP contribution is -2.34. The van der Waals surface area contributed by atoms with Crippen LogP contribution in [0.5, 0.6) is 0 Å². The largest absolute Gasteiger partial charge is 0.349 e. The summed E-state index contributed by atoms with van der Waals surface area (Å²) in [6.45, 7) is 6.44. The molecule has 2 aromatic rings. The Morgan fingerprint density at radius 1 is 1.16 bits per heavy atom. The van der Waals surface area contributed by atoms with Crippen molar-refractivity contribution in [2.45, 2.75) is 33.2 Å². The van der Waals surface area contributed by atoms with Crippen LogP contribution in [0.15, 0.2) is 48.5 Å². The molecular weight excluding hydrogens is 312 g/mol. The predicted molar refractivity (Wildman–Crippen MR) is 99.4 cm³/mol. The summed E-state index contributed by atoms with van der Waals surface area (Å²) in [5.41, 5.74) is 4.19. The van der Waals surface area contributed by atoms with Gasteiger partial charge in [-0.2, -0.15) is 0 Å². The average molecular weight is 336 g/mol. The first-order valence-corrected chi connectivity index (χ1v) is 8.68. The van der Waals surface area contributed by atoms with Crippen LogP contribution in [0.1, 0.15) is 36.1 Å². The lowest BCUT2D eigenvalue weighted by Gasteiger charge is -2.20. The van der Waals surface area contributed by atoms with Gasteiger partial charge in [0.15, 0.2) is 0 Å². The number of carbonyl (C=O) groups is 2. The van der Waals surface area contributed by atoms with Crippen LogP contribution in [0.3, 0.4) is 0 Å². The number of hydrogen-bond donors (Lipinski definition) is 1. The fourth-order valence-electron chi connectivity index (χ4n) is 3.38. The minimum atomic E-state index is -0.306. The predicted octanol–water partition coefficient (Wildman–Crippen LogP) is 3.53. The van der Waals surface area contributed by atoms with E-state index in [4.69, 9.17) is 0 Å². The summed E-state index contributed by atoms with van der Waals surface area (Å²) < 4.78 is 0. The van der Waals surface area contributed by atoms with Crippen molar-refractivity contribution in [3.63, 3.8) is 0 Å². The fourth-order valence-corrected chi connectivity index (χ4v) is 3.38. The van der Waals surface area contributed by atoms with Crippen LogP contribution in [-0.2, 0) is 9.59 Å². The minimum Gasteiger partial charge on any atom is -0.349 e. The van der Waals surface area contributed by atoms with E-state index in [1.165, 1.54) is 5.56 Å². The van der Waals surface area contributed by atoms with Gasteiger partial charge in [0.2, 0.25) is 11.8 Å². The molecule has 0 aromatic heterocycles. The number of nitrogens with zero attached hydrogens (tertiary/aromatic N) is 1. The summed E-state index contributed by atoms with van der Waals surface area (Å²) in [6.07, 6.45) is 0.265. The molecule has 2 atom stereocenters. The molecule has 1 fully saturated rings. The zero-order chi connectivity index (χ0) is 18.0. The van der Waals surface area contributed by atoms with Crippen molar-refractivity contribution in [2.75, 3.05) is 11.4 Å². The van der Waals surface area contributed by atoms with Crippen LogP contribution in [0, 0.1) is 19.8 Å². The Labute approximate surface area is 148 Å². The van der Waals surface area contributed by atoms with E-state index in [9.17, 15) is 9.59 Å². The maximum absolute atomic E-state index is 12.6. The molecule has 4 heteroatoms. The average Bonchev–Trinajstić information content (AvgIpc) is 2.97. The van der Waals surface area contributed by atoms with E-state index < -0.39 is 0 Å². The molecule has 3 rings (SSSR count). The van der Waals surface area contributed by atoms with Gasteiger partial charge >= 0.3 is 0 Å². The summed E-state index contributed by atoms with van der Waals surface area (Å²) in [4.78, 5) is 26.8. The molecule has 2 unspecified atom stereocenters. The highest BCUT2D eigenvalue weighted by Crippen LogP contribution is 2.29. The number of carbonyl (C=O) groups excluding carboxylic acids is 2. The second-order valence-corrected chi connectivity index (χ2v) is 6.84. The molecule has 25 heavy (non-hydrogen) atoms. The monoisotopic (exact) mass is 336 g/mol. The highest BCUT2D eigenvalue weighted by Gasteiger charge is 2.36. The van der Waals surface area contributed by atoms with E-state index in [-0.39, 0.29) is 30.2 Å². The van der Waals surface area contributed by atoms with Gasteiger partial charge in [-0.25, -0.2) is 0 Å². The number of rotatable bonds is 4. The van der Waals surface area contributed by atoms with Crippen molar-refractivity contribution >= 4 is 17.5 Å². The van der Waals surface area contributed by atoms with Gasteiger partial charge in [0, 0.05) is 18.7 Å². The quantitative estimate of drug-likeness (QED) is 0.928. The zero-order valence-electron chi connectivity index (χ0n) is 15.0. The van der Waals surface area contributed by atoms with Gasteiger partial charge in [-0.05, 0) is 38.0 Å². The lowest BCUT2D eigenvalue weighted by atomic mass is 10.0. The van der Waals surface area contributed by atoms with Gasteiger partial charge in [-0.15, -0.1) is 0 Å². The molecule has 2 amide bonds. The van der Waals surface area contributed by atoms with E-state index in [0.29, 0.717) is 6.54 Å². The molecule has 0 radical (unpaired) electrons. The molecule has 2 aromatic carbocycles. The number of hydrogen-bond acceptors (Lipinski definition) is 2. The molecule has 1 aliphatic heterocycles. The van der Waals surface area contributed by atoms with Crippen molar-refractivity contribution in [1.82, 2.24) is 5.32 Å². The van der Waals surface area contributed by atoms with Gasteiger partial charge in [0.1, 0.15) is 0 Å². The van der Waals surface area contributed by atoms with Crippen molar-refractivity contribution < 1.29 is 9.59 Å². The molecule has 0 saturated carbocycles. The number of nitrogens with one attached hydrogen (secondary N) is 1.